The number of hydrogen-bond acceptors (Lipinski definition) is 3. The highest BCUT2D eigenvalue weighted by molar-refractivity contribution is 6.14. The Morgan fingerprint density at radius 3 is 1.07 bits per heavy atom. The van der Waals surface area contributed by atoms with Gasteiger partial charge in [-0.05, 0) is 77.9 Å². The molecule has 354 valence electrons. The summed E-state index contributed by atoms with van der Waals surface area (Å²) in [5, 5.41) is 9.31. The molecule has 0 fully saturated rings. The molecule has 0 aliphatic carbocycles. The second-order valence-corrected chi connectivity index (χ2v) is 19.5. The predicted octanol–water partition coefficient (Wildman–Crippen LogP) is 17.3. The van der Waals surface area contributed by atoms with E-state index in [9.17, 15) is 0 Å². The molecule has 0 spiro atoms. The van der Waals surface area contributed by atoms with E-state index in [1.807, 2.05) is 0 Å². The molecule has 7 heteroatoms. The largest absolute Gasteiger partial charge is 0.309 e. The van der Waals surface area contributed by atoms with E-state index in [1.54, 1.807) is 0 Å². The number of hydrogen-bond donors (Lipinski definition) is 0. The number of para-hydroxylation sites is 9. The second-order valence-electron chi connectivity index (χ2n) is 19.5. The van der Waals surface area contributed by atoms with Crippen LogP contribution in [-0.4, -0.2) is 33.2 Å². The molecule has 0 atom stereocenters. The Bertz CT molecular complexity index is 4720. The van der Waals surface area contributed by atoms with Gasteiger partial charge in [-0.25, -0.2) is 0 Å². The SMILES string of the molecule is c1ccc(-n2c3ccccc3c3cc(-c4cccc(-c5ccccc5-c5nc(-n6c7ccccc7c7ccccc76)nc(-n6c7ccccc7c7ccccc76)n5)c4-n4c5ccccc5c5ccccc54)ccc32)cc1. The highest BCUT2D eigenvalue weighted by Crippen LogP contribution is 2.45. The molecule has 0 saturated carbocycles. The van der Waals surface area contributed by atoms with Gasteiger partial charge in [0, 0.05) is 65.5 Å². The third-order valence-corrected chi connectivity index (χ3v) is 15.5. The minimum absolute atomic E-state index is 0.536. The third-order valence-electron chi connectivity index (χ3n) is 15.5. The van der Waals surface area contributed by atoms with Gasteiger partial charge < -0.3 is 9.13 Å². The average Bonchev–Trinajstić information content (AvgIpc) is 4.25. The first kappa shape index (κ1) is 42.2. The van der Waals surface area contributed by atoms with E-state index in [-0.39, 0.29) is 0 Å². The standard InChI is InChI=1S/C69H43N7/c1-2-21-45(22-3-1)73-58-34-13-12-30-54(58)57-43-44(41-42-65(57)73)46-32-20-33-55(66(46)74-59-35-14-6-24-48(59)49-25-7-15-36-60(49)74)47-23-4-5-31-56(47)67-70-68(75-61-37-16-8-26-50(61)51-27-9-17-38-62(51)75)72-69(71-67)76-63-39-18-10-28-52(63)53-29-11-19-40-64(53)76/h1-43H. The van der Waals surface area contributed by atoms with Crippen LogP contribution in [0, 0.1) is 0 Å². The molecule has 0 saturated heterocycles. The highest BCUT2D eigenvalue weighted by atomic mass is 15.3. The van der Waals surface area contributed by atoms with Gasteiger partial charge in [0.1, 0.15) is 0 Å². The Morgan fingerprint density at radius 2 is 0.579 bits per heavy atom. The molecular weight excluding hydrogens is 927 g/mol. The molecule has 5 aromatic heterocycles. The van der Waals surface area contributed by atoms with Gasteiger partial charge in [0.25, 0.3) is 0 Å². The summed E-state index contributed by atoms with van der Waals surface area (Å²) in [5.41, 5.74) is 16.0. The molecular formula is C69H43N7. The van der Waals surface area contributed by atoms with E-state index in [4.69, 9.17) is 15.0 Å². The predicted molar refractivity (Wildman–Crippen MR) is 313 cm³/mol. The van der Waals surface area contributed by atoms with Crippen LogP contribution in [0.15, 0.2) is 261 Å². The summed E-state index contributed by atoms with van der Waals surface area (Å²) in [4.78, 5) is 16.7. The van der Waals surface area contributed by atoms with Crippen LogP contribution in [0.4, 0.5) is 0 Å². The zero-order chi connectivity index (χ0) is 49.8. The maximum atomic E-state index is 5.58. The maximum Gasteiger partial charge on any atom is 0.240 e. The summed E-state index contributed by atoms with van der Waals surface area (Å²) in [6.45, 7) is 0. The van der Waals surface area contributed by atoms with Crippen molar-refractivity contribution in [1.29, 1.82) is 0 Å². The lowest BCUT2D eigenvalue weighted by atomic mass is 9.92. The van der Waals surface area contributed by atoms with Crippen molar-refractivity contribution in [1.82, 2.24) is 33.2 Å². The quantitative estimate of drug-likeness (QED) is 0.160. The molecule has 16 aromatic rings. The first-order valence-electron chi connectivity index (χ1n) is 25.8. The summed E-state index contributed by atoms with van der Waals surface area (Å²) in [5.74, 6) is 1.63. The number of benzene rings is 11. The number of nitrogens with zero attached hydrogens (tertiary/aromatic N) is 7. The van der Waals surface area contributed by atoms with Crippen molar-refractivity contribution in [3.63, 3.8) is 0 Å². The van der Waals surface area contributed by atoms with E-state index < -0.39 is 0 Å². The Hall–Kier alpha value is -10.4. The van der Waals surface area contributed by atoms with E-state index in [0.29, 0.717) is 17.7 Å². The zero-order valence-electron chi connectivity index (χ0n) is 41.0. The minimum atomic E-state index is 0.536. The molecule has 0 bridgehead atoms. The van der Waals surface area contributed by atoms with Gasteiger partial charge in [-0.2, -0.15) is 15.0 Å². The lowest BCUT2D eigenvalue weighted by Crippen LogP contribution is -2.10. The molecule has 0 N–H and O–H groups in total. The Balaban J connectivity index is 0.996. The molecule has 5 heterocycles. The lowest BCUT2D eigenvalue weighted by Gasteiger charge is -2.21. The van der Waals surface area contributed by atoms with Crippen LogP contribution < -0.4 is 0 Å². The van der Waals surface area contributed by atoms with Gasteiger partial charge >= 0.3 is 0 Å². The number of aromatic nitrogens is 7. The zero-order valence-corrected chi connectivity index (χ0v) is 41.0. The Labute approximate surface area is 436 Å². The topological polar surface area (TPSA) is 58.4 Å². The molecule has 0 aliphatic heterocycles. The maximum absolute atomic E-state index is 5.58. The first-order valence-corrected chi connectivity index (χ1v) is 25.8. The van der Waals surface area contributed by atoms with Gasteiger partial charge in [0.15, 0.2) is 5.82 Å². The molecule has 7 nitrogen and oxygen atoms in total. The summed E-state index contributed by atoms with van der Waals surface area (Å²) in [6, 6.07) is 93.5. The van der Waals surface area contributed by atoms with Crippen LogP contribution >= 0.6 is 0 Å². The lowest BCUT2D eigenvalue weighted by molar-refractivity contribution is 0.893. The van der Waals surface area contributed by atoms with Gasteiger partial charge in [-0.15, -0.1) is 0 Å². The van der Waals surface area contributed by atoms with Gasteiger partial charge in [-0.3, -0.25) is 9.13 Å². The Kier molecular flexibility index (Phi) is 9.20. The van der Waals surface area contributed by atoms with Crippen molar-refractivity contribution >= 4 is 87.2 Å². The monoisotopic (exact) mass is 969 g/mol. The summed E-state index contributed by atoms with van der Waals surface area (Å²) in [7, 11) is 0. The van der Waals surface area contributed by atoms with E-state index in [1.165, 1.54) is 27.1 Å². The van der Waals surface area contributed by atoms with Crippen molar-refractivity contribution in [2.75, 3.05) is 0 Å². The van der Waals surface area contributed by atoms with Crippen molar-refractivity contribution in [3.8, 4) is 56.9 Å². The van der Waals surface area contributed by atoms with Crippen LogP contribution in [0.3, 0.4) is 0 Å². The fraction of sp³-hybridized carbons (Fsp3) is 0. The molecule has 76 heavy (non-hydrogen) atoms. The molecule has 0 unspecified atom stereocenters. The van der Waals surface area contributed by atoms with Crippen LogP contribution in [-0.2, 0) is 0 Å². The molecule has 0 amide bonds. The van der Waals surface area contributed by atoms with E-state index >= 15 is 0 Å². The average molecular weight is 970 g/mol. The van der Waals surface area contributed by atoms with Crippen molar-refractivity contribution in [2.45, 2.75) is 0 Å². The molecule has 0 aliphatic rings. The summed E-state index contributed by atoms with van der Waals surface area (Å²) >= 11 is 0. The number of fused-ring (bicyclic) bond motifs is 12. The normalized spacial score (nSPS) is 11.9. The van der Waals surface area contributed by atoms with Crippen LogP contribution in [0.5, 0.6) is 0 Å². The fourth-order valence-electron chi connectivity index (χ4n) is 12.3. The van der Waals surface area contributed by atoms with Gasteiger partial charge in [0.05, 0.1) is 49.8 Å². The fourth-order valence-corrected chi connectivity index (χ4v) is 12.3. The summed E-state index contributed by atoms with van der Waals surface area (Å²) in [6.07, 6.45) is 0. The second kappa shape index (κ2) is 16.6. The van der Waals surface area contributed by atoms with Crippen LogP contribution in [0.2, 0.25) is 0 Å². The van der Waals surface area contributed by atoms with Crippen molar-refractivity contribution < 1.29 is 0 Å². The molecule has 0 radical (unpaired) electrons. The van der Waals surface area contributed by atoms with Crippen LogP contribution in [0.1, 0.15) is 0 Å². The van der Waals surface area contributed by atoms with E-state index in [0.717, 1.165) is 99.4 Å². The third kappa shape index (κ3) is 6.20. The summed E-state index contributed by atoms with van der Waals surface area (Å²) < 4.78 is 9.25. The van der Waals surface area contributed by atoms with E-state index in [2.05, 4.69) is 279 Å². The number of rotatable bonds is 7. The molecule has 11 aromatic carbocycles. The minimum Gasteiger partial charge on any atom is -0.309 e. The highest BCUT2D eigenvalue weighted by Gasteiger charge is 2.25. The molecule has 16 rings (SSSR count). The van der Waals surface area contributed by atoms with Crippen molar-refractivity contribution in [2.24, 2.45) is 0 Å². The van der Waals surface area contributed by atoms with Gasteiger partial charge in [-0.1, -0.05) is 194 Å². The van der Waals surface area contributed by atoms with Crippen LogP contribution in [0.25, 0.3) is 144 Å². The smallest absolute Gasteiger partial charge is 0.240 e. The Morgan fingerprint density at radius 1 is 0.224 bits per heavy atom. The van der Waals surface area contributed by atoms with Gasteiger partial charge in [0.2, 0.25) is 11.9 Å². The first-order chi connectivity index (χ1) is 37.7. The van der Waals surface area contributed by atoms with Crippen molar-refractivity contribution in [3.05, 3.63) is 261 Å².